The Kier molecular flexibility index (Phi) is 7.28. The molecule has 0 saturated carbocycles. The highest BCUT2D eigenvalue weighted by Gasteiger charge is 2.06. The molecule has 0 aliphatic rings. The first-order chi connectivity index (χ1) is 11.7. The Bertz CT molecular complexity index is 673. The minimum atomic E-state index is 0.0567. The van der Waals surface area contributed by atoms with E-state index in [1.165, 1.54) is 24.8 Å². The molecule has 126 valence electrons. The van der Waals surface area contributed by atoms with Gasteiger partial charge in [-0.05, 0) is 37.5 Å². The summed E-state index contributed by atoms with van der Waals surface area (Å²) in [7, 11) is 0. The number of hydrogen-bond acceptors (Lipinski definition) is 2. The van der Waals surface area contributed by atoms with Gasteiger partial charge in [-0.2, -0.15) is 0 Å². The lowest BCUT2D eigenvalue weighted by Crippen LogP contribution is -2.04. The molecule has 0 spiro atoms. The third-order valence-electron chi connectivity index (χ3n) is 3.99. The van der Waals surface area contributed by atoms with Gasteiger partial charge in [-0.25, -0.2) is 0 Å². The van der Waals surface area contributed by atoms with E-state index < -0.39 is 0 Å². The molecule has 0 unspecified atom stereocenters. The quantitative estimate of drug-likeness (QED) is 0.341. The van der Waals surface area contributed by atoms with Gasteiger partial charge in [0.05, 0.1) is 0 Å². The molecule has 1 N–H and O–H groups in total. The van der Waals surface area contributed by atoms with E-state index in [-0.39, 0.29) is 5.78 Å². The van der Waals surface area contributed by atoms with Crippen LogP contribution in [0.4, 0.5) is 5.69 Å². The molecule has 24 heavy (non-hydrogen) atoms. The molecule has 0 aromatic heterocycles. The zero-order valence-corrected chi connectivity index (χ0v) is 14.7. The topological polar surface area (TPSA) is 29.1 Å². The van der Waals surface area contributed by atoms with Crippen LogP contribution in [0.3, 0.4) is 0 Å². The number of anilines is 1. The van der Waals surface area contributed by atoms with E-state index in [0.29, 0.717) is 0 Å². The third-order valence-corrected chi connectivity index (χ3v) is 3.99. The Balaban J connectivity index is 2.12. The van der Waals surface area contributed by atoms with Gasteiger partial charge in [0.2, 0.25) is 0 Å². The second kappa shape index (κ2) is 9.71. The van der Waals surface area contributed by atoms with Crippen molar-refractivity contribution >= 4 is 11.5 Å². The van der Waals surface area contributed by atoms with Gasteiger partial charge >= 0.3 is 0 Å². The van der Waals surface area contributed by atoms with Gasteiger partial charge in [-0.1, -0.05) is 68.7 Å². The number of allylic oxidation sites excluding steroid dienone is 2. The lowest BCUT2D eigenvalue weighted by molar-refractivity contribution is 0.104. The van der Waals surface area contributed by atoms with Crippen LogP contribution in [0.15, 0.2) is 66.4 Å². The zero-order valence-electron chi connectivity index (χ0n) is 14.7. The summed E-state index contributed by atoms with van der Waals surface area (Å²) in [6, 6.07) is 17.7. The molecule has 2 aromatic carbocycles. The Morgan fingerprint density at radius 1 is 1.00 bits per heavy atom. The minimum absolute atomic E-state index is 0.0567. The molecular formula is C22H27NO. The van der Waals surface area contributed by atoms with E-state index in [9.17, 15) is 4.79 Å². The van der Waals surface area contributed by atoms with Crippen LogP contribution in [0.25, 0.3) is 0 Å². The molecule has 0 fully saturated rings. The molecule has 2 heteroatoms. The van der Waals surface area contributed by atoms with Crippen LogP contribution in [0.1, 0.15) is 54.9 Å². The molecule has 0 atom stereocenters. The van der Waals surface area contributed by atoms with Crippen molar-refractivity contribution in [3.05, 3.63) is 77.5 Å². The summed E-state index contributed by atoms with van der Waals surface area (Å²) in [6.45, 7) is 4.28. The van der Waals surface area contributed by atoms with Crippen molar-refractivity contribution < 1.29 is 4.79 Å². The summed E-state index contributed by atoms with van der Waals surface area (Å²) in [5.41, 5.74) is 3.97. The largest absolute Gasteiger partial charge is 0.359 e. The summed E-state index contributed by atoms with van der Waals surface area (Å²) in [4.78, 5) is 12.5. The van der Waals surface area contributed by atoms with Crippen LogP contribution in [-0.2, 0) is 0 Å². The third kappa shape index (κ3) is 6.04. The second-order valence-corrected chi connectivity index (χ2v) is 6.20. The Morgan fingerprint density at radius 2 is 1.79 bits per heavy atom. The van der Waals surface area contributed by atoms with Gasteiger partial charge in [0, 0.05) is 23.0 Å². The first-order valence-corrected chi connectivity index (χ1v) is 8.82. The second-order valence-electron chi connectivity index (χ2n) is 6.20. The predicted octanol–water partition coefficient (Wildman–Crippen LogP) is 6.14. The molecule has 2 rings (SSSR count). The average Bonchev–Trinajstić information content (AvgIpc) is 2.59. The number of nitrogens with one attached hydrogen (secondary N) is 1. The molecule has 0 aliphatic heterocycles. The Hall–Kier alpha value is -2.35. The fourth-order valence-electron chi connectivity index (χ4n) is 2.67. The average molecular weight is 321 g/mol. The first kappa shape index (κ1) is 18.0. The number of rotatable bonds is 9. The maximum absolute atomic E-state index is 12.5. The van der Waals surface area contributed by atoms with Crippen molar-refractivity contribution in [2.45, 2.75) is 46.0 Å². The van der Waals surface area contributed by atoms with Crippen LogP contribution in [0.2, 0.25) is 0 Å². The maximum Gasteiger partial charge on any atom is 0.187 e. The van der Waals surface area contributed by atoms with E-state index >= 15 is 0 Å². The highest BCUT2D eigenvalue weighted by Crippen LogP contribution is 2.17. The van der Waals surface area contributed by atoms with Crippen LogP contribution in [-0.4, -0.2) is 5.78 Å². The van der Waals surface area contributed by atoms with Crippen molar-refractivity contribution in [1.29, 1.82) is 0 Å². The standard InChI is InChI=1S/C22H27NO/c1-3-4-5-9-14-21(23-20-15-10-11-18(2)16-20)17-22(24)19-12-7-6-8-13-19/h6-8,10-13,15-17,23H,3-5,9,14H2,1-2H3/b21-17-. The summed E-state index contributed by atoms with van der Waals surface area (Å²) in [6.07, 6.45) is 7.40. The van der Waals surface area contributed by atoms with Crippen LogP contribution in [0.5, 0.6) is 0 Å². The van der Waals surface area contributed by atoms with Gasteiger partial charge in [-0.3, -0.25) is 4.79 Å². The van der Waals surface area contributed by atoms with Crippen LogP contribution >= 0.6 is 0 Å². The zero-order chi connectivity index (χ0) is 17.2. The van der Waals surface area contributed by atoms with Gasteiger partial charge in [-0.15, -0.1) is 0 Å². The molecule has 0 bridgehead atoms. The van der Waals surface area contributed by atoms with E-state index in [1.54, 1.807) is 6.08 Å². The van der Waals surface area contributed by atoms with E-state index in [1.807, 2.05) is 42.5 Å². The fraction of sp³-hybridized carbons (Fsp3) is 0.318. The number of carbonyl (C=O) groups excluding carboxylic acids is 1. The van der Waals surface area contributed by atoms with Crippen molar-refractivity contribution in [2.75, 3.05) is 5.32 Å². The highest BCUT2D eigenvalue weighted by molar-refractivity contribution is 6.05. The summed E-state index contributed by atoms with van der Waals surface area (Å²) in [5, 5.41) is 3.44. The monoisotopic (exact) mass is 321 g/mol. The van der Waals surface area contributed by atoms with Crippen LogP contribution < -0.4 is 5.32 Å². The molecule has 0 aliphatic carbocycles. The predicted molar refractivity (Wildman–Crippen MR) is 102 cm³/mol. The van der Waals surface area contributed by atoms with Gasteiger partial charge < -0.3 is 5.32 Å². The Labute approximate surface area is 145 Å². The smallest absolute Gasteiger partial charge is 0.187 e. The van der Waals surface area contributed by atoms with E-state index in [4.69, 9.17) is 0 Å². The van der Waals surface area contributed by atoms with Crippen molar-refractivity contribution in [1.82, 2.24) is 0 Å². The summed E-state index contributed by atoms with van der Waals surface area (Å²) < 4.78 is 0. The number of unbranched alkanes of at least 4 members (excludes halogenated alkanes) is 3. The van der Waals surface area contributed by atoms with Gasteiger partial charge in [0.25, 0.3) is 0 Å². The summed E-state index contributed by atoms with van der Waals surface area (Å²) >= 11 is 0. The molecule has 0 radical (unpaired) electrons. The van der Waals surface area contributed by atoms with E-state index in [2.05, 4.69) is 31.3 Å². The van der Waals surface area contributed by atoms with Crippen molar-refractivity contribution in [2.24, 2.45) is 0 Å². The SMILES string of the molecule is CCCCCC/C(=C/C(=O)c1ccccc1)Nc1cccc(C)c1. The molecule has 0 saturated heterocycles. The number of benzene rings is 2. The normalized spacial score (nSPS) is 11.3. The van der Waals surface area contributed by atoms with Crippen LogP contribution in [0, 0.1) is 6.92 Å². The highest BCUT2D eigenvalue weighted by atomic mass is 16.1. The molecular weight excluding hydrogens is 294 g/mol. The van der Waals surface area contributed by atoms with Gasteiger partial charge in [0.1, 0.15) is 0 Å². The molecule has 0 amide bonds. The lowest BCUT2D eigenvalue weighted by Gasteiger charge is -2.12. The first-order valence-electron chi connectivity index (χ1n) is 8.82. The Morgan fingerprint density at radius 3 is 2.50 bits per heavy atom. The fourth-order valence-corrected chi connectivity index (χ4v) is 2.67. The van der Waals surface area contributed by atoms with Gasteiger partial charge in [0.15, 0.2) is 5.78 Å². The number of ketones is 1. The van der Waals surface area contributed by atoms with Crippen molar-refractivity contribution in [3.63, 3.8) is 0 Å². The minimum Gasteiger partial charge on any atom is -0.359 e. The molecule has 0 heterocycles. The molecule has 2 aromatic rings. The number of carbonyl (C=O) groups is 1. The number of aryl methyl sites for hydroxylation is 1. The maximum atomic E-state index is 12.5. The van der Waals surface area contributed by atoms with E-state index in [0.717, 1.165) is 29.8 Å². The number of hydrogen-bond donors (Lipinski definition) is 1. The lowest BCUT2D eigenvalue weighted by atomic mass is 10.1. The molecule has 2 nitrogen and oxygen atoms in total. The van der Waals surface area contributed by atoms with Crippen molar-refractivity contribution in [3.8, 4) is 0 Å². The summed E-state index contributed by atoms with van der Waals surface area (Å²) in [5.74, 6) is 0.0567.